The molecule has 4 nitrogen and oxygen atoms in total. The summed E-state index contributed by atoms with van der Waals surface area (Å²) in [4.78, 5) is 0. The van der Waals surface area contributed by atoms with E-state index in [1.165, 1.54) is 6.08 Å². The molecule has 48 valence electrons. The van der Waals surface area contributed by atoms with Crippen molar-refractivity contribution in [2.75, 3.05) is 0 Å². The molecule has 0 amide bonds. The van der Waals surface area contributed by atoms with Crippen LogP contribution in [0.3, 0.4) is 0 Å². The van der Waals surface area contributed by atoms with Gasteiger partial charge in [-0.15, -0.1) is 0 Å². The van der Waals surface area contributed by atoms with Gasteiger partial charge in [-0.3, -0.25) is 0 Å². The molecule has 1 atom stereocenters. The van der Waals surface area contributed by atoms with Gasteiger partial charge in [0.2, 0.25) is 0 Å². The molecule has 9 heavy (non-hydrogen) atoms. The van der Waals surface area contributed by atoms with Gasteiger partial charge < -0.3 is 0 Å². The third-order valence-corrected chi connectivity index (χ3v) is 2.20. The summed E-state index contributed by atoms with van der Waals surface area (Å²) < 4.78 is 31.4. The first-order valence-electron chi connectivity index (χ1n) is 2.24. The van der Waals surface area contributed by atoms with Crippen LogP contribution in [0.15, 0.2) is 12.7 Å². The fraction of sp³-hybridized carbons (Fsp3) is 0.333. The summed E-state index contributed by atoms with van der Waals surface area (Å²) in [7, 11) is -4.27. The molecular formula is C3H5NaO4S. The molecule has 0 bridgehead atoms. The molecule has 0 heterocycles. The van der Waals surface area contributed by atoms with Gasteiger partial charge in [0.05, 0.1) is 0 Å². The molecule has 0 fully saturated rings. The molecule has 0 rings (SSSR count). The van der Waals surface area contributed by atoms with Crippen LogP contribution in [0.1, 0.15) is 0 Å². The Bertz CT molecular complexity index is 184. The molecule has 1 unspecified atom stereocenters. The number of hydrogen-bond acceptors (Lipinski definition) is 3. The van der Waals surface area contributed by atoms with Crippen LogP contribution in [0.4, 0.5) is 0 Å². The predicted octanol–water partition coefficient (Wildman–Crippen LogP) is -0.514. The van der Waals surface area contributed by atoms with Crippen molar-refractivity contribution in [3.8, 4) is 0 Å². The van der Waals surface area contributed by atoms with Crippen molar-refractivity contribution in [2.45, 2.75) is 3.35 Å². The van der Waals surface area contributed by atoms with Crippen molar-refractivity contribution in [3.63, 3.8) is 0 Å². The van der Waals surface area contributed by atoms with Crippen LogP contribution in [0.25, 0.3) is 0 Å². The Morgan fingerprint density at radius 1 is 1.78 bits per heavy atom. The standard InChI is InChI=1S/C3H5O4S.Na/c1-2-3-7-8(4,5)6;/h2-3H,1H2,(H,4,5,6);. The van der Waals surface area contributed by atoms with E-state index in [1.807, 2.05) is 0 Å². The molecule has 0 aromatic rings. The van der Waals surface area contributed by atoms with Gasteiger partial charge in [-0.05, 0) is 0 Å². The maximum atomic E-state index is 9.91. The predicted molar refractivity (Wildman–Crippen MR) is 32.4 cm³/mol. The van der Waals surface area contributed by atoms with E-state index in [0.717, 1.165) is 0 Å². The zero-order valence-corrected chi connectivity index (χ0v) is 7.76. The fourth-order valence-corrected chi connectivity index (χ4v) is 1.42. The zero-order valence-electron chi connectivity index (χ0n) is 4.94. The SMILES string of the molecule is C=C[CH]([Na])OS(=O)(=O)O. The molecular weight excluding hydrogens is 155 g/mol. The summed E-state index contributed by atoms with van der Waals surface area (Å²) in [6.07, 6.45) is 1.32. The molecule has 0 spiro atoms. The first-order chi connectivity index (χ1) is 3.95. The Morgan fingerprint density at radius 2 is 2.22 bits per heavy atom. The third kappa shape index (κ3) is 6.50. The molecule has 1 N–H and O–H groups in total. The van der Waals surface area contributed by atoms with Crippen LogP contribution in [-0.2, 0) is 14.6 Å². The van der Waals surface area contributed by atoms with Crippen LogP contribution in [0.2, 0.25) is 0 Å². The maximum absolute atomic E-state index is 9.91. The van der Waals surface area contributed by atoms with Crippen LogP contribution < -0.4 is 0 Å². The Labute approximate surface area is 71.3 Å². The van der Waals surface area contributed by atoms with E-state index in [9.17, 15) is 8.42 Å². The Hall–Kier alpha value is 0.610. The average Bonchev–Trinajstić information content (AvgIpc) is 1.62. The molecule has 0 aliphatic rings. The van der Waals surface area contributed by atoms with E-state index in [-0.39, 0.29) is 0 Å². The first-order valence-corrected chi connectivity index (χ1v) is 4.76. The van der Waals surface area contributed by atoms with Gasteiger partial charge in [0.25, 0.3) is 0 Å². The van der Waals surface area contributed by atoms with Gasteiger partial charge in [-0.2, -0.15) is 0 Å². The van der Waals surface area contributed by atoms with Gasteiger partial charge in [0.1, 0.15) is 0 Å². The van der Waals surface area contributed by atoms with Gasteiger partial charge in [-0.25, -0.2) is 0 Å². The molecule has 0 aromatic carbocycles. The van der Waals surface area contributed by atoms with Crippen molar-refractivity contribution in [1.29, 1.82) is 0 Å². The average molecular weight is 160 g/mol. The van der Waals surface area contributed by atoms with Crippen LogP contribution >= 0.6 is 0 Å². The van der Waals surface area contributed by atoms with Crippen molar-refractivity contribution in [1.82, 2.24) is 0 Å². The summed E-state index contributed by atoms with van der Waals surface area (Å²) >= 11 is 0.491. The third-order valence-electron chi connectivity index (χ3n) is 0.605. The molecule has 0 saturated carbocycles. The van der Waals surface area contributed by atoms with E-state index >= 15 is 0 Å². The van der Waals surface area contributed by atoms with Crippen LogP contribution in [0.5, 0.6) is 0 Å². The van der Waals surface area contributed by atoms with Crippen LogP contribution in [-0.4, -0.2) is 44.3 Å². The minimum absolute atomic E-state index is 0.491. The minimum atomic E-state index is -4.27. The van der Waals surface area contributed by atoms with Gasteiger partial charge in [-0.1, -0.05) is 0 Å². The van der Waals surface area contributed by atoms with Gasteiger partial charge in [0.15, 0.2) is 0 Å². The van der Waals surface area contributed by atoms with Crippen molar-refractivity contribution < 1.29 is 17.2 Å². The quantitative estimate of drug-likeness (QED) is 0.343. The number of hydrogen-bond donors (Lipinski definition) is 1. The van der Waals surface area contributed by atoms with E-state index < -0.39 is 13.8 Å². The second kappa shape index (κ2) is 3.70. The Morgan fingerprint density at radius 3 is 2.33 bits per heavy atom. The summed E-state index contributed by atoms with van der Waals surface area (Å²) in [6.45, 7) is 3.28. The summed E-state index contributed by atoms with van der Waals surface area (Å²) in [6, 6.07) is 0. The first kappa shape index (κ1) is 9.61. The monoisotopic (exact) mass is 160 g/mol. The van der Waals surface area contributed by atoms with Crippen molar-refractivity contribution >= 4 is 38.3 Å². The number of rotatable bonds is 3. The van der Waals surface area contributed by atoms with Crippen molar-refractivity contribution in [2.24, 2.45) is 0 Å². The molecule has 6 heteroatoms. The Kier molecular flexibility index (Phi) is 3.95. The molecule has 0 aromatic heterocycles. The summed E-state index contributed by atoms with van der Waals surface area (Å²) in [5.41, 5.74) is 0. The van der Waals surface area contributed by atoms with E-state index in [4.69, 9.17) is 4.55 Å². The molecule has 0 aliphatic carbocycles. The van der Waals surface area contributed by atoms with E-state index in [0.29, 0.717) is 27.9 Å². The normalized spacial score (nSPS) is 15.0. The van der Waals surface area contributed by atoms with Crippen molar-refractivity contribution in [3.05, 3.63) is 12.7 Å². The van der Waals surface area contributed by atoms with E-state index in [1.54, 1.807) is 0 Å². The molecule has 0 radical (unpaired) electrons. The second-order valence-corrected chi connectivity index (χ2v) is 3.65. The Balaban J connectivity index is 3.89. The van der Waals surface area contributed by atoms with Gasteiger partial charge >= 0.3 is 71.5 Å². The summed E-state index contributed by atoms with van der Waals surface area (Å²) in [5, 5.41) is 0. The molecule has 0 saturated heterocycles. The second-order valence-electron chi connectivity index (χ2n) is 1.46. The molecule has 0 aliphatic heterocycles. The fourth-order valence-electron chi connectivity index (χ4n) is 0.231. The van der Waals surface area contributed by atoms with Crippen LogP contribution in [0, 0.1) is 0 Å². The zero-order chi connectivity index (χ0) is 7.49. The van der Waals surface area contributed by atoms with Gasteiger partial charge in [0, 0.05) is 0 Å². The van der Waals surface area contributed by atoms with E-state index in [2.05, 4.69) is 10.8 Å². The summed E-state index contributed by atoms with van der Waals surface area (Å²) in [5.74, 6) is 0. The topological polar surface area (TPSA) is 63.6 Å².